The van der Waals surface area contributed by atoms with Gasteiger partial charge >= 0.3 is 0 Å². The number of nitrogens with zero attached hydrogens (tertiary/aromatic N) is 5. The number of amides is 1. The predicted molar refractivity (Wildman–Crippen MR) is 132 cm³/mol. The minimum atomic E-state index is -0.161. The van der Waals surface area contributed by atoms with Gasteiger partial charge in [-0.1, -0.05) is 96.1 Å². The Morgan fingerprint density at radius 3 is 2.29 bits per heavy atom. The van der Waals surface area contributed by atoms with Crippen LogP contribution in [0.4, 0.5) is 5.95 Å². The third-order valence-corrected chi connectivity index (χ3v) is 5.91. The lowest BCUT2D eigenvalue weighted by molar-refractivity contribution is -0.119. The summed E-state index contributed by atoms with van der Waals surface area (Å²) in [7, 11) is 0. The van der Waals surface area contributed by atoms with E-state index in [-0.39, 0.29) is 18.5 Å². The molecule has 1 aliphatic heterocycles. The molecule has 1 amide bonds. The fraction of sp³-hybridized carbons (Fsp3) is 0.185. The first-order valence-electron chi connectivity index (χ1n) is 11.5. The van der Waals surface area contributed by atoms with Gasteiger partial charge in [0.25, 0.3) is 5.95 Å². The van der Waals surface area contributed by atoms with Crippen molar-refractivity contribution < 1.29 is 4.79 Å². The number of fused-ring (bicyclic) bond motifs is 1. The average molecular weight is 451 g/mol. The molecule has 1 aromatic heterocycles. The maximum atomic E-state index is 12.9. The summed E-state index contributed by atoms with van der Waals surface area (Å²) in [6.07, 6.45) is 3.93. The zero-order valence-corrected chi connectivity index (χ0v) is 18.8. The highest BCUT2D eigenvalue weighted by Gasteiger charge is 2.31. The molecule has 0 saturated heterocycles. The second-order valence-electron chi connectivity index (χ2n) is 8.22. The van der Waals surface area contributed by atoms with E-state index in [1.165, 1.54) is 5.56 Å². The molecule has 0 aliphatic carbocycles. The van der Waals surface area contributed by atoms with Gasteiger partial charge in [0.15, 0.2) is 0 Å². The lowest BCUT2D eigenvalue weighted by Gasteiger charge is -2.32. The van der Waals surface area contributed by atoms with Gasteiger partial charge in [-0.15, -0.1) is 0 Å². The number of tetrazole rings is 1. The van der Waals surface area contributed by atoms with Crippen molar-refractivity contribution in [1.82, 2.24) is 25.5 Å². The smallest absolute Gasteiger partial charge is 0.251 e. The Kier molecular flexibility index (Phi) is 6.42. The lowest BCUT2D eigenvalue weighted by atomic mass is 10.0. The van der Waals surface area contributed by atoms with E-state index in [0.717, 1.165) is 29.7 Å². The van der Waals surface area contributed by atoms with Crippen molar-refractivity contribution in [3.05, 3.63) is 114 Å². The summed E-state index contributed by atoms with van der Waals surface area (Å²) in [5.74, 6) is 0.484. The molecule has 34 heavy (non-hydrogen) atoms. The van der Waals surface area contributed by atoms with Gasteiger partial charge in [-0.3, -0.25) is 9.69 Å². The van der Waals surface area contributed by atoms with Crippen LogP contribution in [0.2, 0.25) is 0 Å². The molecule has 1 atom stereocenters. The number of carbonyl (C=O) groups excluding carboxylic acids is 1. The number of hydrogen-bond acceptors (Lipinski definition) is 5. The van der Waals surface area contributed by atoms with Crippen molar-refractivity contribution in [3.63, 3.8) is 0 Å². The molecule has 0 spiro atoms. The molecule has 170 valence electrons. The summed E-state index contributed by atoms with van der Waals surface area (Å²) in [6, 6.07) is 30.3. The number of aryl methyl sites for hydroxylation is 1. The van der Waals surface area contributed by atoms with E-state index in [2.05, 4.69) is 51.2 Å². The molecule has 0 fully saturated rings. The highest BCUT2D eigenvalue weighted by Crippen LogP contribution is 2.35. The number of allylic oxidation sites excluding steroid dienone is 1. The van der Waals surface area contributed by atoms with Crippen LogP contribution in [0.1, 0.15) is 29.2 Å². The van der Waals surface area contributed by atoms with Crippen LogP contribution in [0.5, 0.6) is 0 Å². The molecule has 0 unspecified atom stereocenters. The third kappa shape index (κ3) is 4.73. The molecule has 4 aromatic rings. The highest BCUT2D eigenvalue weighted by molar-refractivity contribution is 5.89. The molecule has 5 rings (SSSR count). The van der Waals surface area contributed by atoms with Crippen LogP contribution >= 0.6 is 0 Å². The number of rotatable bonds is 8. The van der Waals surface area contributed by atoms with Crippen molar-refractivity contribution in [2.24, 2.45) is 0 Å². The summed E-state index contributed by atoms with van der Waals surface area (Å²) in [4.78, 5) is 14.8. The van der Waals surface area contributed by atoms with Crippen LogP contribution in [0.3, 0.4) is 0 Å². The van der Waals surface area contributed by atoms with Crippen LogP contribution in [0.15, 0.2) is 97.1 Å². The van der Waals surface area contributed by atoms with Crippen LogP contribution in [-0.4, -0.2) is 39.2 Å². The molecule has 2 heterocycles. The molecular weight excluding hydrogens is 424 g/mol. The fourth-order valence-electron chi connectivity index (χ4n) is 4.23. The van der Waals surface area contributed by atoms with Crippen molar-refractivity contribution in [2.75, 3.05) is 18.0 Å². The monoisotopic (exact) mass is 450 g/mol. The lowest BCUT2D eigenvalue weighted by Crippen LogP contribution is -2.40. The summed E-state index contributed by atoms with van der Waals surface area (Å²) < 4.78 is 1.77. The van der Waals surface area contributed by atoms with Crippen molar-refractivity contribution in [3.8, 4) is 0 Å². The van der Waals surface area contributed by atoms with Gasteiger partial charge in [0, 0.05) is 6.54 Å². The third-order valence-electron chi connectivity index (χ3n) is 5.91. The SMILES string of the molecule is O=C(CN1C(c2ccccc2)=C[C@H](c2ccccc2)n2nnnc21)NCCCc1ccccc1. The molecule has 7 nitrogen and oxygen atoms in total. The van der Waals surface area contributed by atoms with Gasteiger partial charge in [-0.05, 0) is 46.0 Å². The maximum Gasteiger partial charge on any atom is 0.251 e. The van der Waals surface area contributed by atoms with E-state index in [1.54, 1.807) is 4.68 Å². The first-order valence-corrected chi connectivity index (χ1v) is 11.5. The number of hydrogen-bond donors (Lipinski definition) is 1. The summed E-state index contributed by atoms with van der Waals surface area (Å²) in [5, 5.41) is 15.5. The quantitative estimate of drug-likeness (QED) is 0.413. The molecule has 0 radical (unpaired) electrons. The van der Waals surface area contributed by atoms with Crippen molar-refractivity contribution in [1.29, 1.82) is 0 Å². The van der Waals surface area contributed by atoms with Gasteiger partial charge in [0.2, 0.25) is 5.91 Å². The van der Waals surface area contributed by atoms with E-state index in [1.807, 2.05) is 71.6 Å². The van der Waals surface area contributed by atoms with Gasteiger partial charge < -0.3 is 5.32 Å². The zero-order valence-electron chi connectivity index (χ0n) is 18.8. The maximum absolute atomic E-state index is 12.9. The number of benzene rings is 3. The molecule has 3 aromatic carbocycles. The first kappa shape index (κ1) is 21.6. The molecule has 7 heteroatoms. The fourth-order valence-corrected chi connectivity index (χ4v) is 4.23. The van der Waals surface area contributed by atoms with E-state index in [4.69, 9.17) is 0 Å². The minimum absolute atomic E-state index is 0.0670. The van der Waals surface area contributed by atoms with E-state index in [0.29, 0.717) is 12.5 Å². The Morgan fingerprint density at radius 2 is 1.56 bits per heavy atom. The first-order chi connectivity index (χ1) is 16.8. The number of carbonyl (C=O) groups is 1. The Morgan fingerprint density at radius 1 is 0.882 bits per heavy atom. The van der Waals surface area contributed by atoms with E-state index in [9.17, 15) is 4.79 Å². The van der Waals surface area contributed by atoms with Crippen molar-refractivity contribution in [2.45, 2.75) is 18.9 Å². The predicted octanol–water partition coefficient (Wildman–Crippen LogP) is 3.87. The Bertz CT molecular complexity index is 1250. The Balaban J connectivity index is 1.35. The molecule has 1 N–H and O–H groups in total. The van der Waals surface area contributed by atoms with Gasteiger partial charge in [0.1, 0.15) is 12.6 Å². The summed E-state index contributed by atoms with van der Waals surface area (Å²) in [6.45, 7) is 0.748. The topological polar surface area (TPSA) is 75.9 Å². The number of anilines is 1. The summed E-state index contributed by atoms with van der Waals surface area (Å²) in [5.41, 5.74) is 4.27. The standard InChI is InChI=1S/C27H26N6O/c34-26(28-18-10-13-21-11-4-1-5-12-21)20-32-24(22-14-6-2-7-15-22)19-25(23-16-8-3-9-17-23)33-27(32)29-30-31-33/h1-9,11-12,14-17,19,25H,10,13,18,20H2,(H,28,34)/t25-/m1/s1. The average Bonchev–Trinajstić information content (AvgIpc) is 3.39. The van der Waals surface area contributed by atoms with Crippen LogP contribution in [0.25, 0.3) is 5.70 Å². The number of aromatic nitrogens is 4. The summed E-state index contributed by atoms with van der Waals surface area (Å²) >= 11 is 0. The van der Waals surface area contributed by atoms with Crippen LogP contribution < -0.4 is 10.2 Å². The normalized spacial score (nSPS) is 14.9. The van der Waals surface area contributed by atoms with Crippen LogP contribution in [-0.2, 0) is 11.2 Å². The molecule has 1 aliphatic rings. The van der Waals surface area contributed by atoms with Gasteiger partial charge in [-0.25, -0.2) is 0 Å². The van der Waals surface area contributed by atoms with Gasteiger partial charge in [-0.2, -0.15) is 4.68 Å². The Hall–Kier alpha value is -4.26. The second-order valence-corrected chi connectivity index (χ2v) is 8.22. The van der Waals surface area contributed by atoms with E-state index < -0.39 is 0 Å². The van der Waals surface area contributed by atoms with E-state index >= 15 is 0 Å². The molecular formula is C27H26N6O. The highest BCUT2D eigenvalue weighted by atomic mass is 16.2. The van der Waals surface area contributed by atoms with Crippen molar-refractivity contribution >= 4 is 17.6 Å². The molecule has 0 saturated carbocycles. The zero-order chi connectivity index (χ0) is 23.2. The van der Waals surface area contributed by atoms with Gasteiger partial charge in [0.05, 0.1) is 5.70 Å². The Labute approximate surface area is 198 Å². The largest absolute Gasteiger partial charge is 0.355 e. The van der Waals surface area contributed by atoms with Crippen LogP contribution in [0, 0.1) is 0 Å². The molecule has 0 bridgehead atoms. The second kappa shape index (κ2) is 10.1. The minimum Gasteiger partial charge on any atom is -0.355 e. The number of nitrogens with one attached hydrogen (secondary N) is 1.